The molecular formula is C21H25ClN2O3. The van der Waals surface area contributed by atoms with E-state index in [1.54, 1.807) is 0 Å². The number of hydrogen-bond donors (Lipinski definition) is 2. The zero-order valence-electron chi connectivity index (χ0n) is 15.1. The fraction of sp³-hybridized carbons (Fsp3) is 0.286. The summed E-state index contributed by atoms with van der Waals surface area (Å²) in [5.74, 6) is 1.06. The zero-order chi connectivity index (χ0) is 18.4. The largest absolute Gasteiger partial charge is 0.490 e. The van der Waals surface area contributed by atoms with Gasteiger partial charge in [-0.1, -0.05) is 30.8 Å². The molecule has 27 heavy (non-hydrogen) atoms. The molecule has 0 aliphatic carbocycles. The summed E-state index contributed by atoms with van der Waals surface area (Å²) in [6.45, 7) is 6.09. The van der Waals surface area contributed by atoms with Gasteiger partial charge in [0.1, 0.15) is 24.2 Å². The minimum absolute atomic E-state index is 0. The number of carbonyl (C=O) groups is 1. The van der Waals surface area contributed by atoms with E-state index >= 15 is 0 Å². The van der Waals surface area contributed by atoms with Crippen LogP contribution < -0.4 is 20.5 Å². The molecule has 3 N–H and O–H groups in total. The number of nitrogens with one attached hydrogen (secondary N) is 1. The third-order valence-corrected chi connectivity index (χ3v) is 4.45. The Morgan fingerprint density at radius 1 is 1.07 bits per heavy atom. The lowest BCUT2D eigenvalue weighted by Gasteiger charge is -2.23. The Morgan fingerprint density at radius 3 is 2.37 bits per heavy atom. The molecule has 1 aliphatic heterocycles. The second-order valence-electron chi connectivity index (χ2n) is 6.33. The molecule has 0 aromatic heterocycles. The van der Waals surface area contributed by atoms with Gasteiger partial charge in [-0.15, -0.1) is 12.4 Å². The number of piperidine rings is 1. The van der Waals surface area contributed by atoms with Crippen LogP contribution in [0.3, 0.4) is 0 Å². The molecule has 1 saturated heterocycles. The lowest BCUT2D eigenvalue weighted by Crippen LogP contribution is -2.34. The molecule has 0 spiro atoms. The van der Waals surface area contributed by atoms with Gasteiger partial charge in [0.15, 0.2) is 0 Å². The molecule has 6 heteroatoms. The van der Waals surface area contributed by atoms with Gasteiger partial charge in [-0.2, -0.15) is 0 Å². The molecule has 0 unspecified atom stereocenters. The summed E-state index contributed by atoms with van der Waals surface area (Å²) >= 11 is 0. The van der Waals surface area contributed by atoms with Crippen molar-refractivity contribution in [1.29, 1.82) is 0 Å². The van der Waals surface area contributed by atoms with Crippen LogP contribution in [0.4, 0.5) is 0 Å². The number of nitrogens with two attached hydrogens (primary N) is 1. The van der Waals surface area contributed by atoms with Gasteiger partial charge in [-0.3, -0.25) is 4.79 Å². The highest BCUT2D eigenvalue weighted by atomic mass is 35.5. The summed E-state index contributed by atoms with van der Waals surface area (Å²) in [7, 11) is 0. The molecule has 5 nitrogen and oxygen atoms in total. The van der Waals surface area contributed by atoms with Crippen LogP contribution in [0.15, 0.2) is 55.1 Å². The first kappa shape index (κ1) is 20.8. The van der Waals surface area contributed by atoms with Crippen molar-refractivity contribution in [2.24, 2.45) is 5.73 Å². The molecule has 1 amide bonds. The van der Waals surface area contributed by atoms with Crippen molar-refractivity contribution in [3.8, 4) is 11.5 Å². The van der Waals surface area contributed by atoms with Gasteiger partial charge in [0.2, 0.25) is 5.91 Å². The number of primary amides is 1. The maximum atomic E-state index is 11.4. The molecule has 0 radical (unpaired) electrons. The van der Waals surface area contributed by atoms with E-state index in [1.807, 2.05) is 48.5 Å². The van der Waals surface area contributed by atoms with Crippen molar-refractivity contribution in [2.75, 3.05) is 13.1 Å². The highest BCUT2D eigenvalue weighted by Gasteiger charge is 2.14. The van der Waals surface area contributed by atoms with Gasteiger partial charge in [0, 0.05) is 5.57 Å². The molecule has 0 bridgehead atoms. The van der Waals surface area contributed by atoms with Crippen LogP contribution in [0.5, 0.6) is 11.5 Å². The van der Waals surface area contributed by atoms with Crippen LogP contribution in [0.25, 0.3) is 5.57 Å². The van der Waals surface area contributed by atoms with Crippen LogP contribution in [0.1, 0.15) is 24.0 Å². The molecule has 0 atom stereocenters. The van der Waals surface area contributed by atoms with Crippen molar-refractivity contribution in [2.45, 2.75) is 25.6 Å². The Hall–Kier alpha value is -2.50. The third kappa shape index (κ3) is 5.74. The molecule has 1 fully saturated rings. The minimum Gasteiger partial charge on any atom is -0.490 e. The van der Waals surface area contributed by atoms with Gasteiger partial charge in [-0.05, 0) is 61.3 Å². The average Bonchev–Trinajstić information content (AvgIpc) is 2.68. The maximum Gasteiger partial charge on any atom is 0.248 e. The molecule has 2 aromatic carbocycles. The molecule has 144 valence electrons. The fourth-order valence-corrected chi connectivity index (χ4v) is 2.95. The van der Waals surface area contributed by atoms with E-state index in [9.17, 15) is 4.79 Å². The van der Waals surface area contributed by atoms with Crippen LogP contribution in [-0.2, 0) is 11.4 Å². The van der Waals surface area contributed by atoms with E-state index < -0.39 is 5.91 Å². The topological polar surface area (TPSA) is 73.6 Å². The maximum absolute atomic E-state index is 11.4. The van der Waals surface area contributed by atoms with Crippen molar-refractivity contribution in [3.05, 3.63) is 66.2 Å². The molecule has 2 aromatic rings. The summed E-state index contributed by atoms with van der Waals surface area (Å²) in [6.07, 6.45) is 2.33. The first-order valence-corrected chi connectivity index (χ1v) is 8.80. The number of carbonyl (C=O) groups excluding carboxylic acids is 1. The van der Waals surface area contributed by atoms with Gasteiger partial charge in [0.25, 0.3) is 0 Å². The van der Waals surface area contributed by atoms with Crippen molar-refractivity contribution >= 4 is 23.9 Å². The first-order valence-electron chi connectivity index (χ1n) is 8.80. The Labute approximate surface area is 166 Å². The summed E-state index contributed by atoms with van der Waals surface area (Å²) in [6, 6.07) is 15.1. The van der Waals surface area contributed by atoms with Gasteiger partial charge >= 0.3 is 0 Å². The Balaban J connectivity index is 0.00000261. The van der Waals surface area contributed by atoms with Gasteiger partial charge < -0.3 is 20.5 Å². The fourth-order valence-electron chi connectivity index (χ4n) is 2.95. The molecular weight excluding hydrogens is 364 g/mol. The highest BCUT2D eigenvalue weighted by Crippen LogP contribution is 2.23. The number of hydrogen-bond acceptors (Lipinski definition) is 4. The molecule has 0 saturated carbocycles. The number of ether oxygens (including phenoxy) is 2. The Bertz CT molecular complexity index is 771. The predicted molar refractivity (Wildman–Crippen MR) is 109 cm³/mol. The first-order chi connectivity index (χ1) is 12.6. The van der Waals surface area contributed by atoms with Gasteiger partial charge in [0.05, 0.1) is 0 Å². The van der Waals surface area contributed by atoms with Crippen LogP contribution in [0, 0.1) is 0 Å². The highest BCUT2D eigenvalue weighted by molar-refractivity contribution is 6.18. The van der Waals surface area contributed by atoms with E-state index in [-0.39, 0.29) is 24.1 Å². The third-order valence-electron chi connectivity index (χ3n) is 4.45. The van der Waals surface area contributed by atoms with E-state index in [1.165, 1.54) is 0 Å². The van der Waals surface area contributed by atoms with Gasteiger partial charge in [-0.25, -0.2) is 0 Å². The smallest absolute Gasteiger partial charge is 0.248 e. The van der Waals surface area contributed by atoms with E-state index in [4.69, 9.17) is 15.2 Å². The number of amides is 1. The Kier molecular flexibility index (Phi) is 7.70. The van der Waals surface area contributed by atoms with E-state index in [0.717, 1.165) is 43.0 Å². The summed E-state index contributed by atoms with van der Waals surface area (Å²) < 4.78 is 11.8. The average molecular weight is 389 g/mol. The molecule has 1 heterocycles. The second-order valence-corrected chi connectivity index (χ2v) is 6.33. The number of benzene rings is 2. The van der Waals surface area contributed by atoms with E-state index in [0.29, 0.717) is 12.2 Å². The predicted octanol–water partition coefficient (Wildman–Crippen LogP) is 3.32. The van der Waals surface area contributed by atoms with Crippen LogP contribution in [-0.4, -0.2) is 25.1 Å². The lowest BCUT2D eigenvalue weighted by atomic mass is 10.0. The second kappa shape index (κ2) is 10.00. The van der Waals surface area contributed by atoms with Crippen molar-refractivity contribution in [3.63, 3.8) is 0 Å². The van der Waals surface area contributed by atoms with E-state index in [2.05, 4.69) is 11.9 Å². The quantitative estimate of drug-likeness (QED) is 0.713. The van der Waals surface area contributed by atoms with Crippen LogP contribution >= 0.6 is 12.4 Å². The lowest BCUT2D eigenvalue weighted by molar-refractivity contribution is -0.112. The van der Waals surface area contributed by atoms with Crippen molar-refractivity contribution < 1.29 is 14.3 Å². The number of rotatable bonds is 7. The Morgan fingerprint density at radius 2 is 1.70 bits per heavy atom. The zero-order valence-corrected chi connectivity index (χ0v) is 16.0. The standard InChI is InChI=1S/C21H24N2O3.ClH/c1-15(21(22)24)20-5-3-2-4-16(20)14-25-17-6-8-18(9-7-17)26-19-10-12-23-13-11-19;/h2-9,19,23H,1,10-14H2,(H2,22,24);1H. The molecule has 3 rings (SSSR count). The minimum atomic E-state index is -0.531. The SMILES string of the molecule is C=C(C(N)=O)c1ccccc1COc1ccc(OC2CCNCC2)cc1.Cl. The molecule has 1 aliphatic rings. The van der Waals surface area contributed by atoms with Crippen molar-refractivity contribution in [1.82, 2.24) is 5.32 Å². The normalized spacial score (nSPS) is 14.1. The number of halogens is 1. The summed E-state index contributed by atoms with van der Waals surface area (Å²) in [5.41, 5.74) is 7.21. The summed E-state index contributed by atoms with van der Waals surface area (Å²) in [5, 5.41) is 3.33. The monoisotopic (exact) mass is 388 g/mol. The van der Waals surface area contributed by atoms with Crippen LogP contribution in [0.2, 0.25) is 0 Å². The summed E-state index contributed by atoms with van der Waals surface area (Å²) in [4.78, 5) is 11.4.